The van der Waals surface area contributed by atoms with Crippen molar-refractivity contribution >= 4 is 47.3 Å². The van der Waals surface area contributed by atoms with Crippen LogP contribution in [-0.4, -0.2) is 4.21 Å². The summed E-state index contributed by atoms with van der Waals surface area (Å²) in [6.45, 7) is 8.87. The van der Waals surface area contributed by atoms with E-state index in [0.29, 0.717) is 5.92 Å². The predicted octanol–water partition coefficient (Wildman–Crippen LogP) is 12.5. The monoisotopic (exact) mass is 656 g/mol. The molecule has 0 aromatic heterocycles. The van der Waals surface area contributed by atoms with Crippen LogP contribution in [0.15, 0.2) is 140 Å². The van der Waals surface area contributed by atoms with E-state index in [9.17, 15) is 0 Å². The van der Waals surface area contributed by atoms with Gasteiger partial charge in [-0.15, -0.1) is 68.6 Å². The fourth-order valence-corrected chi connectivity index (χ4v) is 6.57. The van der Waals surface area contributed by atoms with Gasteiger partial charge in [0.05, 0.1) is 0 Å². The van der Waals surface area contributed by atoms with E-state index in [1.54, 1.807) is 0 Å². The zero-order valence-electron chi connectivity index (χ0n) is 26.6. The minimum absolute atomic E-state index is 0.563. The summed E-state index contributed by atoms with van der Waals surface area (Å²) >= 11 is 1.30. The predicted molar refractivity (Wildman–Crippen MR) is 196 cm³/mol. The first-order chi connectivity index (χ1) is 22.0. The first-order valence-corrected chi connectivity index (χ1v) is 17.4. The molecule has 0 unspecified atom stereocenters. The molecule has 0 radical (unpaired) electrons. The molecule has 1 heteroatoms. The summed E-state index contributed by atoms with van der Waals surface area (Å²) in [6.07, 6.45) is 0. The summed E-state index contributed by atoms with van der Waals surface area (Å²) < 4.78 is 3.34. The van der Waals surface area contributed by atoms with Crippen molar-refractivity contribution in [2.45, 2.75) is 33.6 Å². The van der Waals surface area contributed by atoms with E-state index in [-0.39, 0.29) is 0 Å². The molecule has 0 aliphatic heterocycles. The van der Waals surface area contributed by atoms with E-state index in [1.807, 2.05) is 0 Å². The molecular weight excluding hydrogens is 620 g/mol. The molecule has 0 atom stereocenters. The Morgan fingerprint density at radius 2 is 1.02 bits per heavy atom. The van der Waals surface area contributed by atoms with E-state index < -0.39 is 0 Å². The summed E-state index contributed by atoms with van der Waals surface area (Å²) in [5, 5.41) is 10.7. The topological polar surface area (TPSA) is 0 Å². The standard InChI is InChI=1S/C22H19.C21H17.CH2.Zr/c1-15(2)18-13-17-9-6-12-21(22(17)14-18)20-11-5-8-16-7-3-4-10-19(16)20;1-14-12-20-15(2)10-11-19(21(20)13-14)18-9-5-7-16-6-3-4-8-17(16)18;;/h3-15H,1-2H3;3-13H,1-2H3;1H2;/q2*-1;;+2. The molecule has 0 saturated heterocycles. The number of benzene rings is 6. The van der Waals surface area contributed by atoms with Crippen LogP contribution in [0.3, 0.4) is 0 Å². The number of hydrogen-bond acceptors (Lipinski definition) is 0. The third-order valence-electron chi connectivity index (χ3n) is 8.85. The molecule has 0 saturated carbocycles. The normalized spacial score (nSPS) is 11.1. The van der Waals surface area contributed by atoms with Gasteiger partial charge in [0, 0.05) is 0 Å². The van der Waals surface area contributed by atoms with Gasteiger partial charge >= 0.3 is 28.4 Å². The number of fused-ring (bicyclic) bond motifs is 4. The summed E-state index contributed by atoms with van der Waals surface area (Å²) in [4.78, 5) is 0. The van der Waals surface area contributed by atoms with E-state index in [0.717, 1.165) is 0 Å². The average molecular weight is 658 g/mol. The fraction of sp³-hybridized carbons (Fsp3) is 0.114. The molecule has 8 rings (SSSR count). The Balaban J connectivity index is 0.000000151. The Labute approximate surface area is 282 Å². The average Bonchev–Trinajstić information content (AvgIpc) is 3.70. The molecule has 0 spiro atoms. The molecule has 0 bridgehead atoms. The molecule has 0 amide bonds. The molecule has 0 aliphatic carbocycles. The third kappa shape index (κ3) is 6.07. The van der Waals surface area contributed by atoms with E-state index >= 15 is 0 Å². The van der Waals surface area contributed by atoms with Crippen LogP contribution >= 0.6 is 0 Å². The van der Waals surface area contributed by atoms with Crippen molar-refractivity contribution in [3.05, 3.63) is 156 Å². The summed E-state index contributed by atoms with van der Waals surface area (Å²) in [5.41, 5.74) is 9.42. The minimum atomic E-state index is 0.563. The van der Waals surface area contributed by atoms with Crippen molar-refractivity contribution in [1.82, 2.24) is 0 Å². The quantitative estimate of drug-likeness (QED) is 0.166. The number of hydrogen-bond donors (Lipinski definition) is 0. The van der Waals surface area contributed by atoms with Crippen molar-refractivity contribution in [3.63, 3.8) is 0 Å². The van der Waals surface area contributed by atoms with Crippen LogP contribution in [0.5, 0.6) is 0 Å². The maximum absolute atomic E-state index is 3.34. The summed E-state index contributed by atoms with van der Waals surface area (Å²) in [6, 6.07) is 50.8. The Morgan fingerprint density at radius 1 is 0.511 bits per heavy atom. The van der Waals surface area contributed by atoms with E-state index in [4.69, 9.17) is 0 Å². The Bertz CT molecular complexity index is 2240. The second-order valence-electron chi connectivity index (χ2n) is 12.1. The maximum atomic E-state index is 3.34. The van der Waals surface area contributed by atoms with Crippen molar-refractivity contribution < 1.29 is 24.2 Å². The van der Waals surface area contributed by atoms with Gasteiger partial charge in [-0.05, 0) is 38.6 Å². The van der Waals surface area contributed by atoms with Gasteiger partial charge in [0.2, 0.25) is 0 Å². The fourth-order valence-electron chi connectivity index (χ4n) is 6.57. The van der Waals surface area contributed by atoms with Gasteiger partial charge < -0.3 is 0 Å². The van der Waals surface area contributed by atoms with Crippen molar-refractivity contribution in [2.24, 2.45) is 0 Å². The van der Waals surface area contributed by atoms with Crippen molar-refractivity contribution in [2.75, 3.05) is 0 Å². The molecular formula is C44H38Zr. The van der Waals surface area contributed by atoms with Gasteiger partial charge in [-0.1, -0.05) is 136 Å². The second-order valence-corrected chi connectivity index (χ2v) is 12.1. The summed E-state index contributed by atoms with van der Waals surface area (Å²) in [7, 11) is 0. The molecule has 218 valence electrons. The van der Waals surface area contributed by atoms with Crippen LogP contribution in [0.1, 0.15) is 36.5 Å². The number of aryl methyl sites for hydroxylation is 2. The van der Waals surface area contributed by atoms with Gasteiger partial charge in [0.15, 0.2) is 0 Å². The third-order valence-corrected chi connectivity index (χ3v) is 8.85. The molecule has 0 fully saturated rings. The van der Waals surface area contributed by atoms with Crippen LogP contribution in [0, 0.1) is 13.8 Å². The Morgan fingerprint density at radius 3 is 1.62 bits per heavy atom. The van der Waals surface area contributed by atoms with E-state index in [1.165, 1.54) is 106 Å². The molecule has 0 heterocycles. The van der Waals surface area contributed by atoms with Gasteiger partial charge in [0.1, 0.15) is 0 Å². The molecule has 0 N–H and O–H groups in total. The van der Waals surface area contributed by atoms with Crippen molar-refractivity contribution in [1.29, 1.82) is 0 Å². The molecule has 0 aliphatic rings. The molecule has 8 aromatic rings. The SMILES string of the molecule is CC(C)c1cc2c(-c3cccc4ccccc34)cccc2[cH-]1.Cc1cc2c(-c3cccc4ccccc34)ccc(C)c2[cH-]1.[CH2]=[Zr+2]. The van der Waals surface area contributed by atoms with Crippen LogP contribution in [-0.2, 0) is 24.2 Å². The molecule has 8 aromatic carbocycles. The van der Waals surface area contributed by atoms with Crippen LogP contribution < -0.4 is 0 Å². The molecule has 45 heavy (non-hydrogen) atoms. The van der Waals surface area contributed by atoms with E-state index in [2.05, 4.69) is 171 Å². The van der Waals surface area contributed by atoms with Crippen LogP contribution in [0.2, 0.25) is 0 Å². The zero-order valence-corrected chi connectivity index (χ0v) is 29.0. The Kier molecular flexibility index (Phi) is 9.20. The first-order valence-electron chi connectivity index (χ1n) is 15.7. The van der Waals surface area contributed by atoms with Crippen LogP contribution in [0.4, 0.5) is 0 Å². The second kappa shape index (κ2) is 13.4. The van der Waals surface area contributed by atoms with Crippen LogP contribution in [0.25, 0.3) is 65.3 Å². The van der Waals surface area contributed by atoms with Gasteiger partial charge in [-0.3, -0.25) is 0 Å². The first kappa shape index (κ1) is 30.8. The molecule has 0 nitrogen and oxygen atoms in total. The number of rotatable bonds is 3. The van der Waals surface area contributed by atoms with Gasteiger partial charge in [-0.2, -0.15) is 12.1 Å². The van der Waals surface area contributed by atoms with Crippen molar-refractivity contribution in [3.8, 4) is 22.3 Å². The van der Waals surface area contributed by atoms with Gasteiger partial charge in [-0.25, -0.2) is 0 Å². The van der Waals surface area contributed by atoms with Gasteiger partial charge in [0.25, 0.3) is 0 Å². The Hall–Kier alpha value is -4.19. The zero-order chi connectivity index (χ0) is 31.5. The summed E-state index contributed by atoms with van der Waals surface area (Å²) in [5.74, 6) is 0.563.